The highest BCUT2D eigenvalue weighted by Gasteiger charge is 2.23. The predicted octanol–water partition coefficient (Wildman–Crippen LogP) is 5.99. The van der Waals surface area contributed by atoms with Crippen LogP contribution >= 0.6 is 11.6 Å². The Morgan fingerprint density at radius 1 is 0.971 bits per heavy atom. The van der Waals surface area contributed by atoms with Gasteiger partial charge in [-0.05, 0) is 45.0 Å². The van der Waals surface area contributed by atoms with Crippen LogP contribution in [0.1, 0.15) is 29.8 Å². The van der Waals surface area contributed by atoms with Crippen molar-refractivity contribution >= 4 is 29.2 Å². The first-order chi connectivity index (χ1) is 16.8. The molecule has 0 fully saturated rings. The molecule has 0 bridgehead atoms. The summed E-state index contributed by atoms with van der Waals surface area (Å²) in [5.74, 6) is -0.0554. The summed E-state index contributed by atoms with van der Waals surface area (Å²) in [6, 6.07) is 26.0. The molecule has 1 N–H and O–H groups in total. The molecule has 0 saturated carbocycles. The fourth-order valence-corrected chi connectivity index (χ4v) is 3.93. The fourth-order valence-electron chi connectivity index (χ4n) is 3.72. The molecule has 2 amide bonds. The monoisotopic (exact) mass is 486 g/mol. The van der Waals surface area contributed by atoms with Gasteiger partial charge in [0.1, 0.15) is 12.4 Å². The SMILES string of the molecule is Cc1ccc(C(=O)N(CC(=O)Nc2cc(-c3ccccc3)nn2-c2ccccc2Cl)C(C)C)cc1. The molecule has 4 aromatic rings. The Bertz CT molecular complexity index is 1330. The van der Waals surface area contributed by atoms with E-state index in [1.54, 1.807) is 33.8 Å². The number of carbonyl (C=O) groups is 2. The normalized spacial score (nSPS) is 10.9. The largest absolute Gasteiger partial charge is 0.327 e. The zero-order valence-corrected chi connectivity index (χ0v) is 20.7. The molecule has 0 atom stereocenters. The van der Waals surface area contributed by atoms with Crippen LogP contribution in [0.15, 0.2) is 84.9 Å². The predicted molar refractivity (Wildman–Crippen MR) is 140 cm³/mol. The van der Waals surface area contributed by atoms with E-state index in [9.17, 15) is 9.59 Å². The highest BCUT2D eigenvalue weighted by molar-refractivity contribution is 6.32. The Balaban J connectivity index is 1.62. The molecule has 0 unspecified atom stereocenters. The molecular weight excluding hydrogens is 460 g/mol. The summed E-state index contributed by atoms with van der Waals surface area (Å²) in [6.07, 6.45) is 0. The van der Waals surface area contributed by atoms with Gasteiger partial charge in [-0.2, -0.15) is 5.10 Å². The zero-order chi connectivity index (χ0) is 24.9. The number of carbonyl (C=O) groups excluding carboxylic acids is 2. The first-order valence-electron chi connectivity index (χ1n) is 11.4. The quantitative estimate of drug-likeness (QED) is 0.349. The lowest BCUT2D eigenvalue weighted by Crippen LogP contribution is -2.42. The molecule has 0 saturated heterocycles. The van der Waals surface area contributed by atoms with Crippen molar-refractivity contribution in [3.63, 3.8) is 0 Å². The summed E-state index contributed by atoms with van der Waals surface area (Å²) >= 11 is 6.44. The first-order valence-corrected chi connectivity index (χ1v) is 11.8. The molecule has 7 heteroatoms. The molecule has 6 nitrogen and oxygen atoms in total. The lowest BCUT2D eigenvalue weighted by molar-refractivity contribution is -0.117. The molecule has 0 aliphatic heterocycles. The van der Waals surface area contributed by atoms with Crippen LogP contribution < -0.4 is 5.32 Å². The van der Waals surface area contributed by atoms with Gasteiger partial charge in [0, 0.05) is 23.2 Å². The molecule has 0 spiro atoms. The van der Waals surface area contributed by atoms with Gasteiger partial charge in [-0.25, -0.2) is 4.68 Å². The van der Waals surface area contributed by atoms with Crippen LogP contribution in [0.2, 0.25) is 5.02 Å². The Labute approximate surface area is 210 Å². The minimum atomic E-state index is -0.327. The third-order valence-electron chi connectivity index (χ3n) is 5.62. The maximum atomic E-state index is 13.2. The van der Waals surface area contributed by atoms with Gasteiger partial charge in [0.15, 0.2) is 0 Å². The number of nitrogens with zero attached hydrogens (tertiary/aromatic N) is 3. The number of anilines is 1. The lowest BCUT2D eigenvalue weighted by Gasteiger charge is -2.26. The second-order valence-corrected chi connectivity index (χ2v) is 8.99. The standard InChI is InChI=1S/C28H27ClN4O2/c1-19(2)32(28(35)22-15-13-20(3)14-16-22)18-27(34)30-26-17-24(21-9-5-4-6-10-21)31-33(26)25-12-8-7-11-23(25)29/h4-17,19H,18H2,1-3H3,(H,30,34). The van der Waals surface area contributed by atoms with Crippen molar-refractivity contribution in [3.8, 4) is 16.9 Å². The summed E-state index contributed by atoms with van der Waals surface area (Å²) in [4.78, 5) is 27.8. The Morgan fingerprint density at radius 3 is 2.29 bits per heavy atom. The van der Waals surface area contributed by atoms with Crippen LogP contribution in [0.4, 0.5) is 5.82 Å². The van der Waals surface area contributed by atoms with Gasteiger partial charge in [-0.3, -0.25) is 9.59 Å². The number of benzene rings is 3. The van der Waals surface area contributed by atoms with E-state index >= 15 is 0 Å². The van der Waals surface area contributed by atoms with Gasteiger partial charge in [-0.1, -0.05) is 71.8 Å². The number of amides is 2. The minimum absolute atomic E-state index is 0.0985. The smallest absolute Gasteiger partial charge is 0.254 e. The Kier molecular flexibility index (Phi) is 7.32. The van der Waals surface area contributed by atoms with Gasteiger partial charge in [0.25, 0.3) is 5.91 Å². The van der Waals surface area contributed by atoms with Crippen molar-refractivity contribution in [2.75, 3.05) is 11.9 Å². The van der Waals surface area contributed by atoms with Crippen molar-refractivity contribution in [2.24, 2.45) is 0 Å². The molecule has 35 heavy (non-hydrogen) atoms. The Hall–Kier alpha value is -3.90. The van der Waals surface area contributed by atoms with Crippen LogP contribution in [-0.4, -0.2) is 39.1 Å². The number of hydrogen-bond acceptors (Lipinski definition) is 3. The summed E-state index contributed by atoms with van der Waals surface area (Å²) < 4.78 is 1.62. The van der Waals surface area contributed by atoms with E-state index < -0.39 is 0 Å². The van der Waals surface area contributed by atoms with Crippen LogP contribution in [0.25, 0.3) is 16.9 Å². The van der Waals surface area contributed by atoms with Crippen LogP contribution in [0.3, 0.4) is 0 Å². The lowest BCUT2D eigenvalue weighted by atomic mass is 10.1. The molecule has 0 aliphatic carbocycles. The summed E-state index contributed by atoms with van der Waals surface area (Å²) in [5, 5.41) is 8.15. The molecule has 1 aromatic heterocycles. The van der Waals surface area contributed by atoms with Gasteiger partial charge in [0.05, 0.1) is 16.4 Å². The second kappa shape index (κ2) is 10.6. The number of nitrogens with one attached hydrogen (secondary N) is 1. The first kappa shape index (κ1) is 24.2. The molecule has 0 radical (unpaired) electrons. The average molecular weight is 487 g/mol. The average Bonchev–Trinajstić information content (AvgIpc) is 3.26. The molecule has 1 heterocycles. The maximum Gasteiger partial charge on any atom is 0.254 e. The van der Waals surface area contributed by atoms with Gasteiger partial charge in [0.2, 0.25) is 5.91 Å². The fraction of sp³-hybridized carbons (Fsp3) is 0.179. The minimum Gasteiger partial charge on any atom is -0.327 e. The number of halogens is 1. The Morgan fingerprint density at radius 2 is 1.63 bits per heavy atom. The van der Waals surface area contributed by atoms with Crippen molar-refractivity contribution < 1.29 is 9.59 Å². The van der Waals surface area contributed by atoms with Gasteiger partial charge in [-0.15, -0.1) is 0 Å². The topological polar surface area (TPSA) is 67.2 Å². The van der Waals surface area contributed by atoms with Crippen molar-refractivity contribution in [2.45, 2.75) is 26.8 Å². The maximum absolute atomic E-state index is 13.2. The van der Waals surface area contributed by atoms with E-state index in [0.717, 1.165) is 11.1 Å². The summed E-state index contributed by atoms with van der Waals surface area (Å²) in [5.41, 5.74) is 3.86. The second-order valence-electron chi connectivity index (χ2n) is 8.59. The van der Waals surface area contributed by atoms with Crippen LogP contribution in [0, 0.1) is 6.92 Å². The van der Waals surface area contributed by atoms with Crippen molar-refractivity contribution in [1.29, 1.82) is 0 Å². The number of para-hydroxylation sites is 1. The highest BCUT2D eigenvalue weighted by atomic mass is 35.5. The van der Waals surface area contributed by atoms with E-state index in [1.807, 2.05) is 81.4 Å². The number of aromatic nitrogens is 2. The van der Waals surface area contributed by atoms with Crippen LogP contribution in [-0.2, 0) is 4.79 Å². The third kappa shape index (κ3) is 5.61. The molecule has 178 valence electrons. The van der Waals surface area contributed by atoms with E-state index in [1.165, 1.54) is 0 Å². The van der Waals surface area contributed by atoms with E-state index in [2.05, 4.69) is 5.32 Å². The van der Waals surface area contributed by atoms with Crippen LogP contribution in [0.5, 0.6) is 0 Å². The van der Waals surface area contributed by atoms with Crippen molar-refractivity contribution in [3.05, 3.63) is 101 Å². The number of hydrogen-bond donors (Lipinski definition) is 1. The molecular formula is C28H27ClN4O2. The molecule has 3 aromatic carbocycles. The number of rotatable bonds is 7. The van der Waals surface area contributed by atoms with Crippen molar-refractivity contribution in [1.82, 2.24) is 14.7 Å². The third-order valence-corrected chi connectivity index (χ3v) is 5.94. The highest BCUT2D eigenvalue weighted by Crippen LogP contribution is 2.28. The summed E-state index contributed by atoms with van der Waals surface area (Å²) in [7, 11) is 0. The van der Waals surface area contributed by atoms with E-state index in [-0.39, 0.29) is 24.4 Å². The van der Waals surface area contributed by atoms with E-state index in [0.29, 0.717) is 27.8 Å². The molecule has 4 rings (SSSR count). The summed E-state index contributed by atoms with van der Waals surface area (Å²) in [6.45, 7) is 5.65. The molecule has 0 aliphatic rings. The van der Waals surface area contributed by atoms with Gasteiger partial charge < -0.3 is 10.2 Å². The van der Waals surface area contributed by atoms with E-state index in [4.69, 9.17) is 16.7 Å². The zero-order valence-electron chi connectivity index (χ0n) is 19.9. The number of aryl methyl sites for hydroxylation is 1. The van der Waals surface area contributed by atoms with Gasteiger partial charge >= 0.3 is 0 Å².